The van der Waals surface area contributed by atoms with Gasteiger partial charge in [0.1, 0.15) is 0 Å². The van der Waals surface area contributed by atoms with Crippen molar-refractivity contribution in [2.24, 2.45) is 11.8 Å². The van der Waals surface area contributed by atoms with E-state index in [1.807, 2.05) is 6.55 Å². The van der Waals surface area contributed by atoms with Crippen molar-refractivity contribution in [3.8, 4) is 22.3 Å². The number of hydrogen-bond acceptors (Lipinski definition) is 0. The van der Waals surface area contributed by atoms with E-state index in [-0.39, 0.29) is 24.8 Å². The smallest absolute Gasteiger partial charge is 1.00 e. The average Bonchev–Trinajstić information content (AvgIpc) is 3.63. The Hall–Kier alpha value is -2.43. The van der Waals surface area contributed by atoms with Crippen LogP contribution < -0.4 is 24.8 Å². The van der Waals surface area contributed by atoms with Crippen molar-refractivity contribution < 1.29 is 61.3 Å². The van der Waals surface area contributed by atoms with E-state index in [1.165, 1.54) is 179 Å². The van der Waals surface area contributed by atoms with E-state index in [0.29, 0.717) is 17.9 Å². The fourth-order valence-corrected chi connectivity index (χ4v) is 11.1. The molecule has 2 aliphatic rings. The molecule has 6 aromatic rings. The van der Waals surface area contributed by atoms with Gasteiger partial charge < -0.3 is 24.8 Å². The average molecular weight is 989 g/mol. The zero-order valence-corrected chi connectivity index (χ0v) is 43.4. The Morgan fingerprint density at radius 2 is 0.937 bits per heavy atom. The summed E-state index contributed by atoms with van der Waals surface area (Å²) in [6, 6.07) is 42.0. The first kappa shape index (κ1) is 53.2. The van der Waals surface area contributed by atoms with Gasteiger partial charge in [-0.2, -0.15) is 12.1 Å². The predicted octanol–water partition coefficient (Wildman–Crippen LogP) is 11.8. The van der Waals surface area contributed by atoms with Gasteiger partial charge in [-0.3, -0.25) is 0 Å². The Bertz CT molecular complexity index is 2100. The fourth-order valence-electron chi connectivity index (χ4n) is 9.56. The standard InChI is InChI=1S/2C26H31.C4H7F3Si.2ClH.Zr/c2*1-19(2)22-12-14-23(15-13-22)25-11-7-10-24-17-21(18-26(24)25)16-20-8-5-3-4-6-9-20;1-8-3-2-4(5,6)7;;;/h2*7,10-15,17-20H,3-6,8-9,16H2,1-2H3;2-3H2,1H3;2*1H;/q2*-1;;;;+2/p-2. The molecule has 8 rings (SSSR count). The molecule has 0 amide bonds. The maximum absolute atomic E-state index is 11.4. The Balaban J connectivity index is 0.000000226. The maximum atomic E-state index is 11.4. The van der Waals surface area contributed by atoms with Crippen molar-refractivity contribution in [3.05, 3.63) is 131 Å². The maximum Gasteiger partial charge on any atom is -1.00 e. The predicted molar refractivity (Wildman–Crippen MR) is 255 cm³/mol. The van der Waals surface area contributed by atoms with Crippen LogP contribution in [0, 0.1) is 11.8 Å². The van der Waals surface area contributed by atoms with Crippen LogP contribution in [-0.4, -0.2) is 11.6 Å². The molecule has 2 saturated carbocycles. The molecule has 0 aliphatic heterocycles. The van der Waals surface area contributed by atoms with E-state index in [0.717, 1.165) is 11.8 Å². The second-order valence-electron chi connectivity index (χ2n) is 18.9. The minimum absolute atomic E-state index is 0. The molecule has 0 aromatic heterocycles. The molecule has 0 atom stereocenters. The Morgan fingerprint density at radius 1 is 0.571 bits per heavy atom. The molecule has 63 heavy (non-hydrogen) atoms. The van der Waals surface area contributed by atoms with Crippen molar-refractivity contribution in [1.29, 1.82) is 0 Å². The van der Waals surface area contributed by atoms with Gasteiger partial charge >= 0.3 is 67.1 Å². The van der Waals surface area contributed by atoms with Crippen LogP contribution in [0.4, 0.5) is 13.2 Å². The van der Waals surface area contributed by atoms with E-state index in [4.69, 9.17) is 0 Å². The van der Waals surface area contributed by atoms with Crippen LogP contribution in [0.15, 0.2) is 109 Å². The Kier molecular flexibility index (Phi) is 22.0. The van der Waals surface area contributed by atoms with E-state index >= 15 is 0 Å². The van der Waals surface area contributed by atoms with E-state index < -0.39 is 18.0 Å². The fraction of sp³-hybridized carbons (Fsp3) is 0.464. The van der Waals surface area contributed by atoms with Crippen LogP contribution in [0.5, 0.6) is 0 Å². The number of hydrogen-bond donors (Lipinski definition) is 0. The van der Waals surface area contributed by atoms with Gasteiger partial charge in [-0.15, -0.1) is 69.1 Å². The van der Waals surface area contributed by atoms with Crippen LogP contribution in [0.3, 0.4) is 0 Å². The molecular weight excluding hydrogens is 920 g/mol. The molecule has 0 bridgehead atoms. The summed E-state index contributed by atoms with van der Waals surface area (Å²) in [5, 5.41) is 5.65. The molecule has 0 radical (unpaired) electrons. The molecule has 7 heteroatoms. The Morgan fingerprint density at radius 3 is 1.24 bits per heavy atom. The zero-order valence-electron chi connectivity index (χ0n) is 38.4. The summed E-state index contributed by atoms with van der Waals surface area (Å²) in [7, 11) is 0. The summed E-state index contributed by atoms with van der Waals surface area (Å²) >= 11 is 1.29. The van der Waals surface area contributed by atoms with Crippen molar-refractivity contribution >= 4 is 27.0 Å². The molecule has 0 spiro atoms. The number of benzene rings is 4. The van der Waals surface area contributed by atoms with Crippen LogP contribution in [0.2, 0.25) is 12.6 Å². The minimum atomic E-state index is -3.93. The first-order valence-electron chi connectivity index (χ1n) is 23.5. The summed E-state index contributed by atoms with van der Waals surface area (Å²) < 4.78 is 34.3. The van der Waals surface area contributed by atoms with Crippen molar-refractivity contribution in [2.75, 3.05) is 0 Å². The van der Waals surface area contributed by atoms with Gasteiger partial charge in [-0.25, -0.2) is 0 Å². The van der Waals surface area contributed by atoms with Crippen LogP contribution in [-0.2, 0) is 36.2 Å². The summed E-state index contributed by atoms with van der Waals surface area (Å²) in [4.78, 5) is 0. The van der Waals surface area contributed by atoms with Crippen LogP contribution >= 0.6 is 0 Å². The summed E-state index contributed by atoms with van der Waals surface area (Å²) in [6.07, 6.45) is 15.2. The van der Waals surface area contributed by atoms with Gasteiger partial charge in [-0.1, -0.05) is 177 Å². The third kappa shape index (κ3) is 16.4. The number of rotatable bonds is 10. The summed E-state index contributed by atoms with van der Waals surface area (Å²) in [5.41, 5.74) is 10.7. The third-order valence-corrected chi connectivity index (χ3v) is 16.0. The minimum Gasteiger partial charge on any atom is -1.00 e. The summed E-state index contributed by atoms with van der Waals surface area (Å²) in [5.74, 6) is 2.96. The normalized spacial score (nSPS) is 15.1. The molecule has 0 saturated heterocycles. The van der Waals surface area contributed by atoms with Gasteiger partial charge in [0.05, 0.1) is 0 Å². The van der Waals surface area contributed by atoms with Crippen LogP contribution in [0.25, 0.3) is 43.8 Å². The molecular formula is C56H69Cl2F3SiZr-2. The molecule has 6 aromatic carbocycles. The second-order valence-corrected chi connectivity index (χ2v) is 27.3. The van der Waals surface area contributed by atoms with E-state index in [2.05, 4.69) is 137 Å². The molecule has 0 nitrogen and oxygen atoms in total. The number of halogens is 5. The first-order chi connectivity index (χ1) is 29.3. The molecule has 0 N–H and O–H groups in total. The number of alkyl halides is 3. The Labute approximate surface area is 405 Å². The van der Waals surface area contributed by atoms with Gasteiger partial charge in [-0.05, 0) is 58.8 Å². The van der Waals surface area contributed by atoms with E-state index in [1.54, 1.807) is 0 Å². The first-order valence-corrected chi connectivity index (χ1v) is 29.4. The monoisotopic (exact) mass is 986 g/mol. The van der Waals surface area contributed by atoms with Gasteiger partial charge in [0.25, 0.3) is 0 Å². The molecule has 2 aliphatic carbocycles. The van der Waals surface area contributed by atoms with E-state index in [9.17, 15) is 13.2 Å². The van der Waals surface area contributed by atoms with Gasteiger partial charge in [0.15, 0.2) is 0 Å². The second kappa shape index (κ2) is 26.0. The summed E-state index contributed by atoms with van der Waals surface area (Å²) in [6.45, 7) is 11.0. The third-order valence-electron chi connectivity index (χ3n) is 13.2. The SMILES string of the molecule is CC(C)c1ccc(-c2cccc3[cH-]c(CC4CCCCCC4)cc23)cc1.CC(C)c1ccc(-c2cccc3[cH-]c(CC4CCCCCC4)cc23)cc1.C[Si](=[Zr+2])CCC(F)(F)F.[Cl-].[Cl-]. The largest absolute Gasteiger partial charge is 1.00 e. The van der Waals surface area contributed by atoms with Crippen molar-refractivity contribution in [3.63, 3.8) is 0 Å². The van der Waals surface area contributed by atoms with Gasteiger partial charge in [0, 0.05) is 0 Å². The zero-order chi connectivity index (χ0) is 43.4. The molecule has 0 unspecified atom stereocenters. The molecule has 338 valence electrons. The van der Waals surface area contributed by atoms with Crippen molar-refractivity contribution in [2.45, 2.75) is 155 Å². The van der Waals surface area contributed by atoms with Crippen LogP contribution in [0.1, 0.15) is 145 Å². The topological polar surface area (TPSA) is 0 Å². The number of fused-ring (bicyclic) bond motifs is 2. The quantitative estimate of drug-likeness (QED) is 0.0729. The molecule has 2 fully saturated rings. The van der Waals surface area contributed by atoms with Gasteiger partial charge in [0.2, 0.25) is 0 Å². The molecule has 0 heterocycles. The van der Waals surface area contributed by atoms with Crippen molar-refractivity contribution in [1.82, 2.24) is 0 Å².